The van der Waals surface area contributed by atoms with Gasteiger partial charge in [-0.2, -0.15) is 8.42 Å². The minimum atomic E-state index is -3.47. The minimum Gasteiger partial charge on any atom is -0.338 e. The first-order chi connectivity index (χ1) is 9.87. The zero-order chi connectivity index (χ0) is 15.5. The first-order valence-corrected chi connectivity index (χ1v) is 8.86. The lowest BCUT2D eigenvalue weighted by molar-refractivity contribution is 0.252. The van der Waals surface area contributed by atoms with Gasteiger partial charge in [0.05, 0.1) is 11.4 Å². The van der Waals surface area contributed by atoms with Gasteiger partial charge in [0.25, 0.3) is 10.1 Å². The van der Waals surface area contributed by atoms with Gasteiger partial charge in [0.15, 0.2) is 0 Å². The van der Waals surface area contributed by atoms with Crippen molar-refractivity contribution in [1.82, 2.24) is 5.32 Å². The molecule has 2 rings (SSSR count). The fraction of sp³-hybridized carbons (Fsp3) is 0.462. The molecule has 0 spiro atoms. The number of amides is 2. The van der Waals surface area contributed by atoms with E-state index in [0.29, 0.717) is 18.5 Å². The lowest BCUT2D eigenvalue weighted by Gasteiger charge is -2.10. The van der Waals surface area contributed by atoms with Gasteiger partial charge >= 0.3 is 6.03 Å². The van der Waals surface area contributed by atoms with Crippen LogP contribution in [0, 0.1) is 0 Å². The van der Waals surface area contributed by atoms with Gasteiger partial charge in [0, 0.05) is 16.7 Å². The second-order valence-electron chi connectivity index (χ2n) is 4.93. The molecule has 6 nitrogen and oxygen atoms in total. The summed E-state index contributed by atoms with van der Waals surface area (Å²) < 4.78 is 29.0. The second-order valence-corrected chi connectivity index (χ2v) is 7.69. The van der Waals surface area contributed by atoms with E-state index in [2.05, 4.69) is 26.6 Å². The number of anilines is 1. The smallest absolute Gasteiger partial charge is 0.319 e. The van der Waals surface area contributed by atoms with Crippen LogP contribution in [0.2, 0.25) is 0 Å². The maximum Gasteiger partial charge on any atom is 0.319 e. The maximum absolute atomic E-state index is 11.7. The lowest BCUT2D eigenvalue weighted by Crippen LogP contribution is -2.32. The predicted octanol–water partition coefficient (Wildman–Crippen LogP) is 2.47. The molecule has 0 aliphatic carbocycles. The average molecular weight is 377 g/mol. The molecule has 1 aliphatic heterocycles. The van der Waals surface area contributed by atoms with Gasteiger partial charge in [-0.3, -0.25) is 4.18 Å². The van der Waals surface area contributed by atoms with Gasteiger partial charge in [0.2, 0.25) is 0 Å². The second kappa shape index (κ2) is 6.76. The zero-order valence-electron chi connectivity index (χ0n) is 11.5. The maximum atomic E-state index is 11.7. The van der Waals surface area contributed by atoms with Crippen LogP contribution in [0.5, 0.6) is 0 Å². The van der Waals surface area contributed by atoms with E-state index < -0.39 is 15.4 Å². The average Bonchev–Trinajstić information content (AvgIpc) is 2.65. The van der Waals surface area contributed by atoms with Crippen LogP contribution in [0.4, 0.5) is 10.5 Å². The first-order valence-electron chi connectivity index (χ1n) is 6.59. The molecule has 0 radical (unpaired) electrons. The number of hydrogen-bond donors (Lipinski definition) is 2. The van der Waals surface area contributed by atoms with Gasteiger partial charge < -0.3 is 10.6 Å². The number of carbonyl (C=O) groups excluding carboxylic acids is 1. The number of nitrogens with one attached hydrogen (secondary N) is 2. The van der Waals surface area contributed by atoms with Crippen molar-refractivity contribution >= 4 is 37.8 Å². The Morgan fingerprint density at radius 1 is 1.38 bits per heavy atom. The van der Waals surface area contributed by atoms with Crippen molar-refractivity contribution in [1.29, 1.82) is 0 Å². The third-order valence-corrected chi connectivity index (χ3v) is 5.53. The molecule has 0 saturated carbocycles. The van der Waals surface area contributed by atoms with E-state index in [1.807, 2.05) is 12.1 Å². The largest absolute Gasteiger partial charge is 0.338 e. The zero-order valence-corrected chi connectivity index (χ0v) is 13.9. The molecule has 1 saturated heterocycles. The van der Waals surface area contributed by atoms with E-state index in [4.69, 9.17) is 4.18 Å². The number of rotatable bonds is 4. The summed E-state index contributed by atoms with van der Waals surface area (Å²) in [5, 5.41) is 4.77. The van der Waals surface area contributed by atoms with Crippen molar-refractivity contribution in [3.63, 3.8) is 0 Å². The normalized spacial score (nSPS) is 23.7. The van der Waals surface area contributed by atoms with E-state index in [1.165, 1.54) is 0 Å². The lowest BCUT2D eigenvalue weighted by atomic mass is 10.1. The van der Waals surface area contributed by atoms with Gasteiger partial charge in [-0.25, -0.2) is 4.79 Å². The Morgan fingerprint density at radius 2 is 2.05 bits per heavy atom. The van der Waals surface area contributed by atoms with Gasteiger partial charge in [-0.1, -0.05) is 15.9 Å². The monoisotopic (exact) mass is 376 g/mol. The Balaban J connectivity index is 1.76. The fourth-order valence-corrected chi connectivity index (χ4v) is 4.02. The summed E-state index contributed by atoms with van der Waals surface area (Å²) in [6.45, 7) is 2.01. The van der Waals surface area contributed by atoms with Crippen molar-refractivity contribution in [2.24, 2.45) is 0 Å². The number of urea groups is 1. The molecule has 116 valence electrons. The molecule has 1 aromatic carbocycles. The molecule has 8 heteroatoms. The van der Waals surface area contributed by atoms with E-state index in [-0.39, 0.29) is 18.7 Å². The summed E-state index contributed by atoms with van der Waals surface area (Å²) >= 11 is 3.31. The highest BCUT2D eigenvalue weighted by atomic mass is 79.9. The van der Waals surface area contributed by atoms with E-state index in [1.54, 1.807) is 19.1 Å². The molecule has 2 atom stereocenters. The van der Waals surface area contributed by atoms with E-state index in [9.17, 15) is 13.2 Å². The molecule has 21 heavy (non-hydrogen) atoms. The topological polar surface area (TPSA) is 84.5 Å². The Morgan fingerprint density at radius 3 is 2.62 bits per heavy atom. The molecule has 1 fully saturated rings. The summed E-state index contributed by atoms with van der Waals surface area (Å²) in [5.74, 6) is 0. The van der Waals surface area contributed by atoms with Crippen LogP contribution in [-0.4, -0.2) is 32.3 Å². The van der Waals surface area contributed by atoms with Crippen LogP contribution in [-0.2, 0) is 14.3 Å². The SMILES string of the molecule is CC1CC(CCNC(=O)Nc2ccc(Br)cc2)S(=O)(=O)O1. The van der Waals surface area contributed by atoms with Gasteiger partial charge in [-0.05, 0) is 44.0 Å². The van der Waals surface area contributed by atoms with Crippen LogP contribution in [0.15, 0.2) is 28.7 Å². The number of carbonyl (C=O) groups is 1. The highest BCUT2D eigenvalue weighted by molar-refractivity contribution is 9.10. The van der Waals surface area contributed by atoms with Crippen molar-refractivity contribution in [3.8, 4) is 0 Å². The van der Waals surface area contributed by atoms with Crippen LogP contribution in [0.3, 0.4) is 0 Å². The summed E-state index contributed by atoms with van der Waals surface area (Å²) in [6, 6.07) is 6.81. The molecule has 0 aromatic heterocycles. The summed E-state index contributed by atoms with van der Waals surface area (Å²) in [6.07, 6.45) is 0.537. The Kier molecular flexibility index (Phi) is 5.23. The standard InChI is InChI=1S/C13H17BrN2O4S/c1-9-8-12(21(18,19)20-9)6-7-15-13(17)16-11-4-2-10(14)3-5-11/h2-5,9,12H,6-8H2,1H3,(H2,15,16,17). The molecule has 2 amide bonds. The molecule has 1 aliphatic rings. The van der Waals surface area contributed by atoms with E-state index in [0.717, 1.165) is 4.47 Å². The molecule has 0 bridgehead atoms. The highest BCUT2D eigenvalue weighted by Crippen LogP contribution is 2.25. The van der Waals surface area contributed by atoms with Crippen LogP contribution < -0.4 is 10.6 Å². The Labute approximate surface area is 132 Å². The minimum absolute atomic E-state index is 0.280. The van der Waals surface area contributed by atoms with Crippen LogP contribution >= 0.6 is 15.9 Å². The van der Waals surface area contributed by atoms with Gasteiger partial charge in [0.1, 0.15) is 0 Å². The molecule has 1 aromatic rings. The van der Waals surface area contributed by atoms with E-state index >= 15 is 0 Å². The van der Waals surface area contributed by atoms with Crippen LogP contribution in [0.25, 0.3) is 0 Å². The third-order valence-electron chi connectivity index (χ3n) is 3.16. The fourth-order valence-electron chi connectivity index (χ4n) is 2.15. The third kappa shape index (κ3) is 4.69. The Hall–Kier alpha value is -1.12. The molecular weight excluding hydrogens is 360 g/mol. The number of halogens is 1. The first kappa shape index (κ1) is 16.3. The predicted molar refractivity (Wildman–Crippen MR) is 83.7 cm³/mol. The van der Waals surface area contributed by atoms with Crippen LogP contribution in [0.1, 0.15) is 19.8 Å². The summed E-state index contributed by atoms with van der Waals surface area (Å²) in [5.41, 5.74) is 0.668. The number of hydrogen-bond acceptors (Lipinski definition) is 4. The highest BCUT2D eigenvalue weighted by Gasteiger charge is 2.36. The van der Waals surface area contributed by atoms with Crippen molar-refractivity contribution in [3.05, 3.63) is 28.7 Å². The molecule has 1 heterocycles. The summed E-state index contributed by atoms with van der Waals surface area (Å²) in [7, 11) is -3.47. The molecular formula is C13H17BrN2O4S. The van der Waals surface area contributed by atoms with Crippen molar-refractivity contribution in [2.75, 3.05) is 11.9 Å². The Bertz CT molecular complexity index is 603. The summed E-state index contributed by atoms with van der Waals surface area (Å²) in [4.78, 5) is 11.7. The molecule has 2 unspecified atom stereocenters. The van der Waals surface area contributed by atoms with Crippen molar-refractivity contribution < 1.29 is 17.4 Å². The molecule has 2 N–H and O–H groups in total. The van der Waals surface area contributed by atoms with Gasteiger partial charge in [-0.15, -0.1) is 0 Å². The van der Waals surface area contributed by atoms with Crippen molar-refractivity contribution in [2.45, 2.75) is 31.1 Å². The quantitative estimate of drug-likeness (QED) is 0.790. The number of benzene rings is 1.